The average molecular weight is 198 g/mol. The highest BCUT2D eigenvalue weighted by molar-refractivity contribution is 7.52. The molecule has 0 aliphatic rings. The first-order valence-corrected chi connectivity index (χ1v) is 5.17. The zero-order valence-corrected chi connectivity index (χ0v) is 8.88. The number of aryl methyl sites for hydroxylation is 1. The molecule has 0 saturated heterocycles. The molecule has 1 rings (SSSR count). The Kier molecular flexibility index (Phi) is 3.26. The van der Waals surface area contributed by atoms with Crippen LogP contribution in [-0.4, -0.2) is 19.0 Å². The van der Waals surface area contributed by atoms with E-state index in [1.54, 1.807) is 12.1 Å². The molecule has 0 spiro atoms. The molecule has 4 heteroatoms. The molecule has 1 N–H and O–H groups in total. The summed E-state index contributed by atoms with van der Waals surface area (Å²) >= 11 is 0. The van der Waals surface area contributed by atoms with E-state index in [-0.39, 0.29) is 0 Å². The molecule has 0 fully saturated rings. The Balaban J connectivity index is 3.06. The zero-order valence-electron chi connectivity index (χ0n) is 7.98. The van der Waals surface area contributed by atoms with Crippen molar-refractivity contribution in [1.82, 2.24) is 0 Å². The van der Waals surface area contributed by atoms with Gasteiger partial charge in [-0.25, -0.2) is 0 Å². The van der Waals surface area contributed by atoms with E-state index >= 15 is 0 Å². The summed E-state index contributed by atoms with van der Waals surface area (Å²) < 4.78 is 0. The minimum atomic E-state index is -2.21. The van der Waals surface area contributed by atoms with Crippen LogP contribution >= 0.6 is 8.38 Å². The summed E-state index contributed by atoms with van der Waals surface area (Å²) in [6.07, 6.45) is 0. The Morgan fingerprint density at radius 1 is 1.38 bits per heavy atom. The van der Waals surface area contributed by atoms with Crippen molar-refractivity contribution >= 4 is 19.4 Å². The van der Waals surface area contributed by atoms with Crippen LogP contribution < -0.4 is 15.1 Å². The molecule has 0 radical (unpaired) electrons. The number of hydrogen-bond acceptors (Lipinski definition) is 3. The minimum absolute atomic E-state index is 0.484. The van der Waals surface area contributed by atoms with Crippen molar-refractivity contribution in [3.05, 3.63) is 23.8 Å². The number of nitrogens with zero attached hydrogens (tertiary/aromatic N) is 1. The molecule has 0 aliphatic carbocycles. The highest BCUT2D eigenvalue weighted by atomic mass is 31.2. The van der Waals surface area contributed by atoms with E-state index < -0.39 is 8.38 Å². The highest BCUT2D eigenvalue weighted by Gasteiger charge is 2.02. The SMILES string of the molecule is Cc1cc(P([O-])O)ccc1N(C)C. The molecule has 0 amide bonds. The minimum Gasteiger partial charge on any atom is -0.805 e. The van der Waals surface area contributed by atoms with Crippen molar-refractivity contribution in [2.24, 2.45) is 0 Å². The number of rotatable bonds is 2. The zero-order chi connectivity index (χ0) is 10.0. The summed E-state index contributed by atoms with van der Waals surface area (Å²) in [6, 6.07) is 5.28. The van der Waals surface area contributed by atoms with Gasteiger partial charge in [0.1, 0.15) is 0 Å². The molecule has 1 aromatic carbocycles. The van der Waals surface area contributed by atoms with Gasteiger partial charge >= 0.3 is 0 Å². The van der Waals surface area contributed by atoms with Crippen molar-refractivity contribution in [2.45, 2.75) is 6.92 Å². The monoisotopic (exact) mass is 198 g/mol. The van der Waals surface area contributed by atoms with Crippen molar-refractivity contribution in [3.8, 4) is 0 Å². The molecule has 0 aliphatic heterocycles. The second-order valence-corrected chi connectivity index (χ2v) is 4.20. The molecule has 13 heavy (non-hydrogen) atoms. The van der Waals surface area contributed by atoms with Crippen molar-refractivity contribution in [2.75, 3.05) is 19.0 Å². The highest BCUT2D eigenvalue weighted by Crippen LogP contribution is 2.22. The molecule has 0 saturated carbocycles. The maximum atomic E-state index is 10.8. The summed E-state index contributed by atoms with van der Waals surface area (Å²) in [5.74, 6) is 0. The van der Waals surface area contributed by atoms with Crippen LogP contribution in [0.4, 0.5) is 5.69 Å². The quantitative estimate of drug-likeness (QED) is 0.697. The second-order valence-electron chi connectivity index (χ2n) is 3.14. The second kappa shape index (κ2) is 4.05. The Morgan fingerprint density at radius 2 is 2.00 bits per heavy atom. The van der Waals surface area contributed by atoms with Crippen LogP contribution in [0.5, 0.6) is 0 Å². The topological polar surface area (TPSA) is 46.5 Å². The van der Waals surface area contributed by atoms with Crippen LogP contribution in [0.3, 0.4) is 0 Å². The normalized spacial score (nSPS) is 12.7. The first-order chi connectivity index (χ1) is 6.02. The molecule has 3 nitrogen and oxygen atoms in total. The number of benzene rings is 1. The van der Waals surface area contributed by atoms with E-state index in [0.717, 1.165) is 11.3 Å². The van der Waals surface area contributed by atoms with Gasteiger partial charge in [0.2, 0.25) is 0 Å². The Hall–Kier alpha value is -0.630. The van der Waals surface area contributed by atoms with Gasteiger partial charge in [-0.3, -0.25) is 0 Å². The fourth-order valence-electron chi connectivity index (χ4n) is 1.26. The van der Waals surface area contributed by atoms with Gasteiger partial charge < -0.3 is 14.7 Å². The fraction of sp³-hybridized carbons (Fsp3) is 0.333. The molecule has 0 heterocycles. The summed E-state index contributed by atoms with van der Waals surface area (Å²) in [5, 5.41) is 0.484. The fourth-order valence-corrected chi connectivity index (χ4v) is 1.77. The third kappa shape index (κ3) is 2.41. The van der Waals surface area contributed by atoms with Gasteiger partial charge in [-0.15, -0.1) is 0 Å². The van der Waals surface area contributed by atoms with Gasteiger partial charge in [0.15, 0.2) is 0 Å². The molecular formula is C9H13NO2P-. The van der Waals surface area contributed by atoms with Crippen LogP contribution in [0.2, 0.25) is 0 Å². The summed E-state index contributed by atoms with van der Waals surface area (Å²) in [7, 11) is 1.68. The Bertz CT molecular complexity index is 300. The lowest BCUT2D eigenvalue weighted by Gasteiger charge is -2.20. The van der Waals surface area contributed by atoms with Crippen LogP contribution in [0.25, 0.3) is 0 Å². The number of anilines is 1. The van der Waals surface area contributed by atoms with Crippen LogP contribution in [0.1, 0.15) is 5.56 Å². The van der Waals surface area contributed by atoms with Crippen LogP contribution in [0, 0.1) is 6.92 Å². The van der Waals surface area contributed by atoms with E-state index in [4.69, 9.17) is 4.89 Å². The van der Waals surface area contributed by atoms with E-state index in [9.17, 15) is 4.89 Å². The molecular weight excluding hydrogens is 185 g/mol. The average Bonchev–Trinajstić information content (AvgIpc) is 2.03. The lowest BCUT2D eigenvalue weighted by Crippen LogP contribution is -2.14. The Labute approximate surface area is 79.5 Å². The van der Waals surface area contributed by atoms with Gasteiger partial charge in [-0.2, -0.15) is 0 Å². The van der Waals surface area contributed by atoms with Crippen molar-refractivity contribution in [3.63, 3.8) is 0 Å². The summed E-state index contributed by atoms with van der Waals surface area (Å²) in [4.78, 5) is 21.6. The molecule has 1 atom stereocenters. The third-order valence-corrected chi connectivity index (χ3v) is 2.60. The molecule has 0 aromatic heterocycles. The lowest BCUT2D eigenvalue weighted by atomic mass is 10.2. The standard InChI is InChI=1S/C9H13NO2P/c1-7-6-8(13(11)12)4-5-9(7)10(2)3/h4-6,11H,1-3H3/q-1. The first kappa shape index (κ1) is 10.5. The van der Waals surface area contributed by atoms with Crippen molar-refractivity contribution in [1.29, 1.82) is 0 Å². The first-order valence-electron chi connectivity index (χ1n) is 3.96. The largest absolute Gasteiger partial charge is 0.805 e. The third-order valence-electron chi connectivity index (χ3n) is 1.88. The predicted molar refractivity (Wildman–Crippen MR) is 54.3 cm³/mol. The van der Waals surface area contributed by atoms with Crippen LogP contribution in [0.15, 0.2) is 18.2 Å². The van der Waals surface area contributed by atoms with E-state index in [1.807, 2.05) is 32.0 Å². The van der Waals surface area contributed by atoms with Crippen LogP contribution in [-0.2, 0) is 0 Å². The van der Waals surface area contributed by atoms with Crippen molar-refractivity contribution < 1.29 is 9.79 Å². The van der Waals surface area contributed by atoms with E-state index in [1.165, 1.54) is 0 Å². The summed E-state index contributed by atoms with van der Waals surface area (Å²) in [6.45, 7) is 1.93. The predicted octanol–water partition coefficient (Wildman–Crippen LogP) is 0.351. The molecule has 72 valence electrons. The summed E-state index contributed by atoms with van der Waals surface area (Å²) in [5.41, 5.74) is 2.08. The maximum Gasteiger partial charge on any atom is 0.0391 e. The van der Waals surface area contributed by atoms with E-state index in [0.29, 0.717) is 5.30 Å². The van der Waals surface area contributed by atoms with Gasteiger partial charge in [0, 0.05) is 19.8 Å². The molecule has 1 unspecified atom stereocenters. The van der Waals surface area contributed by atoms with Gasteiger partial charge in [0.05, 0.1) is 0 Å². The number of hydrogen-bond donors (Lipinski definition) is 1. The van der Waals surface area contributed by atoms with Gasteiger partial charge in [0.25, 0.3) is 0 Å². The van der Waals surface area contributed by atoms with Gasteiger partial charge in [-0.05, 0) is 38.3 Å². The maximum absolute atomic E-state index is 10.8. The van der Waals surface area contributed by atoms with E-state index in [2.05, 4.69) is 0 Å². The van der Waals surface area contributed by atoms with Gasteiger partial charge in [-0.1, -0.05) is 6.07 Å². The molecule has 1 aromatic rings. The Morgan fingerprint density at radius 3 is 2.38 bits per heavy atom. The smallest absolute Gasteiger partial charge is 0.0391 e. The molecule has 0 bridgehead atoms. The lowest BCUT2D eigenvalue weighted by molar-refractivity contribution is -0.171.